The monoisotopic (exact) mass is 638 g/mol. The van der Waals surface area contributed by atoms with Crippen LogP contribution in [0.3, 0.4) is 0 Å². The van der Waals surface area contributed by atoms with Gasteiger partial charge >= 0.3 is 0 Å². The van der Waals surface area contributed by atoms with Gasteiger partial charge in [-0.25, -0.2) is 13.1 Å². The number of ketones is 1. The first-order valence-corrected chi connectivity index (χ1v) is 17.4. The van der Waals surface area contributed by atoms with Crippen LogP contribution in [0, 0.1) is 23.2 Å². The molecule has 2 aromatic carbocycles. The van der Waals surface area contributed by atoms with Gasteiger partial charge in [-0.1, -0.05) is 51.1 Å². The van der Waals surface area contributed by atoms with Crippen LogP contribution in [0.25, 0.3) is 0 Å². The molecule has 9 heteroatoms. The highest BCUT2D eigenvalue weighted by atomic mass is 35.5. The third-order valence-electron chi connectivity index (χ3n) is 10.1. The molecule has 1 spiro atoms. The summed E-state index contributed by atoms with van der Waals surface area (Å²) in [6.07, 6.45) is 7.77. The largest absolute Gasteiger partial charge is 0.490 e. The molecular formula is C35H43ClN2O5S. The molecule has 5 rings (SSSR count). The fraction of sp³-hybridized carbons (Fsp3) is 0.486. The first-order valence-electron chi connectivity index (χ1n) is 15.4. The van der Waals surface area contributed by atoms with Crippen LogP contribution in [0.4, 0.5) is 5.69 Å². The Balaban J connectivity index is 1.48. The molecule has 0 bridgehead atoms. The molecule has 236 valence electrons. The Labute approximate surface area is 266 Å². The Bertz CT molecular complexity index is 1590. The number of anilines is 1. The van der Waals surface area contributed by atoms with Crippen LogP contribution in [-0.2, 0) is 26.7 Å². The minimum absolute atomic E-state index is 0.0620. The van der Waals surface area contributed by atoms with Gasteiger partial charge in [0.2, 0.25) is 10.0 Å². The zero-order chi connectivity index (χ0) is 31.9. The average Bonchev–Trinajstić information content (AvgIpc) is 3.10. The summed E-state index contributed by atoms with van der Waals surface area (Å²) in [5, 5.41) is 0.712. The molecule has 1 amide bonds. The Morgan fingerprint density at radius 1 is 1.20 bits per heavy atom. The van der Waals surface area contributed by atoms with Gasteiger partial charge in [0, 0.05) is 35.0 Å². The van der Waals surface area contributed by atoms with Crippen LogP contribution in [0.1, 0.15) is 67.9 Å². The molecule has 2 aliphatic carbocycles. The molecule has 4 atom stereocenters. The van der Waals surface area contributed by atoms with Gasteiger partial charge in [-0.15, -0.1) is 6.58 Å². The molecule has 2 aromatic rings. The SMILES string of the molecule is C=CC(=O)[C@@H]1CC[C@H]1CN1C[C@@]2(CCCc3cc(Cl)ccc32)COc2ccc(C(=O)NS(=O)(=O)CC(C)(C)[C@@H](C)C=C)cc21. The van der Waals surface area contributed by atoms with E-state index in [1.165, 1.54) is 17.2 Å². The number of amides is 1. The van der Waals surface area contributed by atoms with Gasteiger partial charge < -0.3 is 9.64 Å². The van der Waals surface area contributed by atoms with E-state index in [1.807, 2.05) is 32.9 Å². The summed E-state index contributed by atoms with van der Waals surface area (Å²) in [6.45, 7) is 14.8. The van der Waals surface area contributed by atoms with Gasteiger partial charge in [-0.2, -0.15) is 0 Å². The Morgan fingerprint density at radius 3 is 2.66 bits per heavy atom. The Kier molecular flexibility index (Phi) is 9.07. The lowest BCUT2D eigenvalue weighted by molar-refractivity contribution is -0.122. The van der Waals surface area contributed by atoms with Gasteiger partial charge in [0.25, 0.3) is 5.91 Å². The lowest BCUT2D eigenvalue weighted by Gasteiger charge is -2.44. The van der Waals surface area contributed by atoms with Crippen molar-refractivity contribution in [2.24, 2.45) is 23.2 Å². The molecule has 1 aliphatic heterocycles. The number of aryl methyl sites for hydroxylation is 1. The number of fused-ring (bicyclic) bond motifs is 3. The van der Waals surface area contributed by atoms with E-state index in [9.17, 15) is 18.0 Å². The second-order valence-corrected chi connectivity index (χ2v) is 15.7. The number of benzene rings is 2. The van der Waals surface area contributed by atoms with E-state index in [2.05, 4.69) is 28.8 Å². The number of sulfonamides is 1. The number of nitrogens with zero attached hydrogens (tertiary/aromatic N) is 1. The highest BCUT2D eigenvalue weighted by molar-refractivity contribution is 7.90. The number of nitrogens with one attached hydrogen (secondary N) is 1. The number of ether oxygens (including phenoxy) is 1. The maximum atomic E-state index is 13.4. The van der Waals surface area contributed by atoms with Crippen molar-refractivity contribution in [3.05, 3.63) is 83.4 Å². The lowest BCUT2D eigenvalue weighted by atomic mass is 9.69. The molecule has 7 nitrogen and oxygen atoms in total. The number of halogens is 1. The molecule has 0 aromatic heterocycles. The van der Waals surface area contributed by atoms with E-state index in [-0.39, 0.29) is 40.3 Å². The van der Waals surface area contributed by atoms with E-state index < -0.39 is 21.3 Å². The van der Waals surface area contributed by atoms with Crippen molar-refractivity contribution >= 4 is 39.0 Å². The molecule has 1 N–H and O–H groups in total. The summed E-state index contributed by atoms with van der Waals surface area (Å²) in [5.41, 5.74) is 2.49. The van der Waals surface area contributed by atoms with Crippen molar-refractivity contribution in [2.45, 2.75) is 58.3 Å². The van der Waals surface area contributed by atoms with E-state index >= 15 is 0 Å². The summed E-state index contributed by atoms with van der Waals surface area (Å²) >= 11 is 6.38. The summed E-state index contributed by atoms with van der Waals surface area (Å²) in [5.74, 6) is -0.207. The molecule has 1 heterocycles. The summed E-state index contributed by atoms with van der Waals surface area (Å²) < 4.78 is 34.9. The van der Waals surface area contributed by atoms with E-state index in [0.29, 0.717) is 30.5 Å². The highest BCUT2D eigenvalue weighted by Gasteiger charge is 2.44. The topological polar surface area (TPSA) is 92.8 Å². The summed E-state index contributed by atoms with van der Waals surface area (Å²) in [6, 6.07) is 11.2. The molecule has 0 radical (unpaired) electrons. The van der Waals surface area contributed by atoms with E-state index in [0.717, 1.165) is 37.8 Å². The normalized spacial score (nSPS) is 23.7. The first-order chi connectivity index (χ1) is 20.8. The van der Waals surface area contributed by atoms with Crippen molar-refractivity contribution in [1.82, 2.24) is 4.72 Å². The van der Waals surface area contributed by atoms with Crippen molar-refractivity contribution in [1.29, 1.82) is 0 Å². The van der Waals surface area contributed by atoms with Gasteiger partial charge in [0.05, 0.1) is 18.0 Å². The molecule has 1 saturated carbocycles. The summed E-state index contributed by atoms with van der Waals surface area (Å²) in [4.78, 5) is 28.2. The molecule has 0 saturated heterocycles. The quantitative estimate of drug-likeness (QED) is 0.236. The second kappa shape index (κ2) is 12.4. The van der Waals surface area contributed by atoms with Crippen LogP contribution in [0.15, 0.2) is 61.7 Å². The molecule has 44 heavy (non-hydrogen) atoms. The maximum absolute atomic E-state index is 13.4. The van der Waals surface area contributed by atoms with Gasteiger partial charge in [-0.3, -0.25) is 9.59 Å². The first kappa shape index (κ1) is 32.3. The average molecular weight is 639 g/mol. The van der Waals surface area contributed by atoms with Crippen molar-refractivity contribution in [3.63, 3.8) is 0 Å². The van der Waals surface area contributed by atoms with Gasteiger partial charge in [-0.05, 0) is 96.9 Å². The van der Waals surface area contributed by atoms with E-state index in [1.54, 1.807) is 24.3 Å². The minimum Gasteiger partial charge on any atom is -0.490 e. The number of carbonyl (C=O) groups is 2. The lowest BCUT2D eigenvalue weighted by Crippen LogP contribution is -2.49. The van der Waals surface area contributed by atoms with Gasteiger partial charge in [0.1, 0.15) is 5.75 Å². The number of hydrogen-bond donors (Lipinski definition) is 1. The fourth-order valence-corrected chi connectivity index (χ4v) is 8.94. The number of carbonyl (C=O) groups excluding carboxylic acids is 2. The van der Waals surface area contributed by atoms with Crippen LogP contribution in [0.5, 0.6) is 5.75 Å². The van der Waals surface area contributed by atoms with Crippen molar-refractivity contribution in [3.8, 4) is 5.75 Å². The molecule has 0 unspecified atom stereocenters. The van der Waals surface area contributed by atoms with Crippen LogP contribution >= 0.6 is 11.6 Å². The highest BCUT2D eigenvalue weighted by Crippen LogP contribution is 2.46. The zero-order valence-corrected chi connectivity index (χ0v) is 27.5. The Morgan fingerprint density at radius 2 is 1.98 bits per heavy atom. The molecule has 3 aliphatic rings. The zero-order valence-electron chi connectivity index (χ0n) is 25.9. The van der Waals surface area contributed by atoms with Crippen LogP contribution < -0.4 is 14.4 Å². The van der Waals surface area contributed by atoms with Gasteiger partial charge in [0.15, 0.2) is 5.78 Å². The predicted molar refractivity (Wildman–Crippen MR) is 176 cm³/mol. The van der Waals surface area contributed by atoms with Crippen LogP contribution in [0.2, 0.25) is 5.02 Å². The predicted octanol–water partition coefficient (Wildman–Crippen LogP) is 6.50. The number of allylic oxidation sites excluding steroid dienone is 2. The summed E-state index contributed by atoms with van der Waals surface area (Å²) in [7, 11) is -3.93. The van der Waals surface area contributed by atoms with Crippen LogP contribution in [-0.4, -0.2) is 45.6 Å². The third-order valence-corrected chi connectivity index (χ3v) is 12.0. The maximum Gasteiger partial charge on any atom is 0.264 e. The molecular weight excluding hydrogens is 596 g/mol. The Hall–Kier alpha value is -3.10. The fourth-order valence-electron chi connectivity index (χ4n) is 7.03. The smallest absolute Gasteiger partial charge is 0.264 e. The standard InChI is InChI=1S/C35H43ClN2O5S/c1-6-23(3)34(4,5)22-44(41,42)37-33(40)25-11-15-32-30(18-25)38(19-26-10-13-28(26)31(39)7-2)20-35(21-43-32)16-8-9-24-17-27(36)12-14-29(24)35/h6-7,11-12,14-15,17-18,23,26,28H,1-2,8-10,13,16,19-22H2,3-5H3,(H,37,40)/t23-,26-,28+,35-/m0/s1. The number of hydrogen-bond acceptors (Lipinski definition) is 6. The van der Waals surface area contributed by atoms with Crippen molar-refractivity contribution in [2.75, 3.05) is 30.3 Å². The minimum atomic E-state index is -3.93. The third kappa shape index (κ3) is 6.47. The van der Waals surface area contributed by atoms with E-state index in [4.69, 9.17) is 16.3 Å². The number of rotatable bonds is 10. The molecule has 1 fully saturated rings. The van der Waals surface area contributed by atoms with Crippen molar-refractivity contribution < 1.29 is 22.7 Å². The second-order valence-electron chi connectivity index (χ2n) is 13.5.